The Balaban J connectivity index is 5.02. The molecule has 0 aliphatic heterocycles. The molecule has 0 atom stereocenters. The minimum Gasteiger partial charge on any atom is -0.220 e. The Hall–Kier alpha value is -1.09. The van der Waals surface area contributed by atoms with E-state index in [1.165, 1.54) is 23.0 Å². The minimum absolute atomic E-state index is 0.619. The van der Waals surface area contributed by atoms with E-state index in [2.05, 4.69) is 13.2 Å². The van der Waals surface area contributed by atoms with Crippen molar-refractivity contribution in [3.05, 3.63) is 47.3 Å². The lowest BCUT2D eigenvalue weighted by atomic mass is 10.4. The van der Waals surface area contributed by atoms with Crippen molar-refractivity contribution < 1.29 is 8.42 Å². The first kappa shape index (κ1) is 11.9. The van der Waals surface area contributed by atoms with Gasteiger partial charge in [-0.2, -0.15) is 0 Å². The molecule has 2 nitrogen and oxygen atoms in total. The maximum Gasteiger partial charge on any atom is 0.193 e. The molecule has 0 aliphatic rings. The molecule has 0 aromatic rings. The van der Waals surface area contributed by atoms with Gasteiger partial charge in [0.1, 0.15) is 0 Å². The van der Waals surface area contributed by atoms with E-state index >= 15 is 0 Å². The average molecular weight is 198 g/mol. The van der Waals surface area contributed by atoms with Gasteiger partial charge >= 0.3 is 0 Å². The normalized spacial score (nSPS) is 14.0. The van der Waals surface area contributed by atoms with Crippen LogP contribution in [0, 0.1) is 0 Å². The third-order valence-electron chi connectivity index (χ3n) is 1.34. The molecule has 0 rings (SSSR count). The summed E-state index contributed by atoms with van der Waals surface area (Å²) in [6, 6.07) is 0. The highest BCUT2D eigenvalue weighted by molar-refractivity contribution is 7.97. The van der Waals surface area contributed by atoms with Crippen molar-refractivity contribution in [3.63, 3.8) is 0 Å². The van der Waals surface area contributed by atoms with Crippen LogP contribution in [0.3, 0.4) is 0 Å². The van der Waals surface area contributed by atoms with Crippen molar-refractivity contribution >= 4 is 9.84 Å². The zero-order valence-corrected chi connectivity index (χ0v) is 8.76. The van der Waals surface area contributed by atoms with Crippen LogP contribution in [0.2, 0.25) is 0 Å². The highest BCUT2D eigenvalue weighted by Crippen LogP contribution is 2.05. The molecule has 0 unspecified atom stereocenters. The third-order valence-corrected chi connectivity index (χ3v) is 2.74. The molecule has 0 saturated carbocycles. The van der Waals surface area contributed by atoms with Crippen LogP contribution in [-0.2, 0) is 9.84 Å². The van der Waals surface area contributed by atoms with Crippen LogP contribution in [0.25, 0.3) is 0 Å². The van der Waals surface area contributed by atoms with Gasteiger partial charge < -0.3 is 0 Å². The minimum atomic E-state index is -3.27. The predicted molar refractivity (Wildman–Crippen MR) is 56.8 cm³/mol. The maximum absolute atomic E-state index is 11.3. The second-order valence-electron chi connectivity index (χ2n) is 2.72. The van der Waals surface area contributed by atoms with E-state index in [0.29, 0.717) is 11.1 Å². The van der Waals surface area contributed by atoms with Crippen LogP contribution < -0.4 is 0 Å². The number of allylic oxidation sites excluding steroid dienone is 4. The van der Waals surface area contributed by atoms with Crippen molar-refractivity contribution in [2.45, 2.75) is 13.8 Å². The Morgan fingerprint density at radius 3 is 1.54 bits per heavy atom. The Morgan fingerprint density at radius 2 is 1.31 bits per heavy atom. The Morgan fingerprint density at radius 1 is 1.00 bits per heavy atom. The van der Waals surface area contributed by atoms with Crippen LogP contribution in [0.4, 0.5) is 0 Å². The molecule has 0 spiro atoms. The molecule has 13 heavy (non-hydrogen) atoms. The molecule has 0 amide bonds. The zero-order valence-electron chi connectivity index (χ0n) is 7.95. The van der Waals surface area contributed by atoms with Gasteiger partial charge in [-0.1, -0.05) is 25.3 Å². The van der Waals surface area contributed by atoms with Crippen molar-refractivity contribution in [1.82, 2.24) is 0 Å². The molecule has 0 radical (unpaired) electrons. The standard InChI is InChI=1S/C10H14O2S/c1-5-9(3)7-13(11,12)8-10(4)6-2/h5-8H,1-2H2,3-4H3. The van der Waals surface area contributed by atoms with Gasteiger partial charge in [0.2, 0.25) is 0 Å². The first-order chi connectivity index (χ1) is 5.91. The Bertz CT molecular complexity index is 326. The van der Waals surface area contributed by atoms with Gasteiger partial charge in [-0.25, -0.2) is 8.42 Å². The van der Waals surface area contributed by atoms with Crippen LogP contribution in [-0.4, -0.2) is 8.42 Å². The summed E-state index contributed by atoms with van der Waals surface area (Å²) in [5.74, 6) is 0. The van der Waals surface area contributed by atoms with E-state index in [1.54, 1.807) is 13.8 Å². The lowest BCUT2D eigenvalue weighted by molar-refractivity contribution is 0.612. The van der Waals surface area contributed by atoms with E-state index in [1.807, 2.05) is 0 Å². The first-order valence-electron chi connectivity index (χ1n) is 3.78. The highest BCUT2D eigenvalue weighted by atomic mass is 32.2. The fourth-order valence-electron chi connectivity index (χ4n) is 0.648. The van der Waals surface area contributed by atoms with Crippen LogP contribution >= 0.6 is 0 Å². The topological polar surface area (TPSA) is 34.1 Å². The summed E-state index contributed by atoms with van der Waals surface area (Å²) < 4.78 is 22.6. The molecule has 3 heteroatoms. The summed E-state index contributed by atoms with van der Waals surface area (Å²) in [6.07, 6.45) is 2.99. The Kier molecular flexibility index (Phi) is 4.42. The van der Waals surface area contributed by atoms with E-state index in [-0.39, 0.29) is 0 Å². The number of sulfone groups is 1. The van der Waals surface area contributed by atoms with Crippen LogP contribution in [0.15, 0.2) is 47.3 Å². The number of rotatable bonds is 4. The summed E-state index contributed by atoms with van der Waals surface area (Å²) >= 11 is 0. The molecule has 0 fully saturated rings. The largest absolute Gasteiger partial charge is 0.220 e. The molecule has 0 aliphatic carbocycles. The van der Waals surface area contributed by atoms with Gasteiger partial charge in [-0.05, 0) is 25.0 Å². The SMILES string of the molecule is C=CC(C)=CS(=O)(=O)C=C(C)C=C. The maximum atomic E-state index is 11.3. The zero-order chi connectivity index (χ0) is 10.5. The number of hydrogen-bond donors (Lipinski definition) is 0. The van der Waals surface area contributed by atoms with Gasteiger partial charge in [0, 0.05) is 10.8 Å². The molecule has 0 aromatic heterocycles. The van der Waals surface area contributed by atoms with E-state index in [0.717, 1.165) is 0 Å². The fraction of sp³-hybridized carbons (Fsp3) is 0.200. The van der Waals surface area contributed by atoms with Gasteiger partial charge in [0.25, 0.3) is 0 Å². The third kappa shape index (κ3) is 5.20. The summed E-state index contributed by atoms with van der Waals surface area (Å²) in [6.45, 7) is 10.3. The van der Waals surface area contributed by atoms with Gasteiger partial charge in [0.15, 0.2) is 9.84 Å². The van der Waals surface area contributed by atoms with Crippen molar-refractivity contribution in [2.24, 2.45) is 0 Å². The van der Waals surface area contributed by atoms with Gasteiger partial charge in [-0.3, -0.25) is 0 Å². The van der Waals surface area contributed by atoms with Crippen molar-refractivity contribution in [3.8, 4) is 0 Å². The lowest BCUT2D eigenvalue weighted by Crippen LogP contribution is -1.91. The van der Waals surface area contributed by atoms with Crippen molar-refractivity contribution in [1.29, 1.82) is 0 Å². The molecule has 0 aromatic carbocycles. The second kappa shape index (κ2) is 4.82. The van der Waals surface area contributed by atoms with Crippen LogP contribution in [0.5, 0.6) is 0 Å². The second-order valence-corrected chi connectivity index (χ2v) is 4.37. The molecule has 0 bridgehead atoms. The lowest BCUT2D eigenvalue weighted by Gasteiger charge is -1.93. The van der Waals surface area contributed by atoms with E-state index in [9.17, 15) is 8.42 Å². The molecule has 72 valence electrons. The summed E-state index contributed by atoms with van der Waals surface area (Å²) in [4.78, 5) is 0. The van der Waals surface area contributed by atoms with Crippen molar-refractivity contribution in [2.75, 3.05) is 0 Å². The fourth-order valence-corrected chi connectivity index (χ4v) is 1.95. The summed E-state index contributed by atoms with van der Waals surface area (Å²) in [5, 5.41) is 2.35. The summed E-state index contributed by atoms with van der Waals surface area (Å²) in [7, 11) is -3.27. The average Bonchev–Trinajstić information content (AvgIpc) is 2.02. The quantitative estimate of drug-likeness (QED) is 0.651. The monoisotopic (exact) mass is 198 g/mol. The summed E-state index contributed by atoms with van der Waals surface area (Å²) in [5.41, 5.74) is 1.24. The van der Waals surface area contributed by atoms with E-state index < -0.39 is 9.84 Å². The Labute approximate surface area is 79.9 Å². The molecular weight excluding hydrogens is 184 g/mol. The highest BCUT2D eigenvalue weighted by Gasteiger charge is 2.01. The van der Waals surface area contributed by atoms with Crippen LogP contribution in [0.1, 0.15) is 13.8 Å². The molecule has 0 N–H and O–H groups in total. The molecule has 0 heterocycles. The predicted octanol–water partition coefficient (Wildman–Crippen LogP) is 2.58. The number of hydrogen-bond acceptors (Lipinski definition) is 2. The van der Waals surface area contributed by atoms with E-state index in [4.69, 9.17) is 0 Å². The molecular formula is C10H14O2S. The smallest absolute Gasteiger partial charge is 0.193 e. The molecule has 0 saturated heterocycles. The first-order valence-corrected chi connectivity index (χ1v) is 5.39. The van der Waals surface area contributed by atoms with Gasteiger partial charge in [0.05, 0.1) is 0 Å². The van der Waals surface area contributed by atoms with Gasteiger partial charge in [-0.15, -0.1) is 0 Å².